The molecule has 0 N–H and O–H groups in total. The van der Waals surface area contributed by atoms with Crippen molar-refractivity contribution in [3.05, 3.63) is 22.2 Å². The number of rotatable bonds is 5. The Kier molecular flexibility index (Phi) is 4.80. The van der Waals surface area contributed by atoms with E-state index < -0.39 is 0 Å². The lowest BCUT2D eigenvalue weighted by atomic mass is 10.1. The zero-order valence-corrected chi connectivity index (χ0v) is 11.3. The summed E-state index contributed by atoms with van der Waals surface area (Å²) in [7, 11) is 3.17. The third kappa shape index (κ3) is 2.98. The van der Waals surface area contributed by atoms with Gasteiger partial charge in [0.05, 0.1) is 14.2 Å². The van der Waals surface area contributed by atoms with Crippen LogP contribution in [-0.4, -0.2) is 20.0 Å². The Morgan fingerprint density at radius 1 is 1.25 bits per heavy atom. The van der Waals surface area contributed by atoms with Gasteiger partial charge in [0.15, 0.2) is 11.5 Å². The minimum absolute atomic E-state index is 0.202. The first-order chi connectivity index (χ1) is 7.62. The molecule has 0 radical (unpaired) electrons. The fraction of sp³-hybridized carbons (Fsp3) is 0.417. The van der Waals surface area contributed by atoms with Crippen LogP contribution >= 0.6 is 15.9 Å². The molecule has 0 aliphatic heterocycles. The number of Topliss-reactive ketones (excluding diaryl/α,β-unsaturated/α-hetero) is 1. The maximum atomic E-state index is 11.4. The first-order valence-electron chi connectivity index (χ1n) is 5.04. The maximum absolute atomic E-state index is 11.4. The van der Waals surface area contributed by atoms with Crippen molar-refractivity contribution >= 4 is 21.7 Å². The predicted octanol–water partition coefficient (Wildman–Crippen LogP) is 2.99. The molecule has 0 spiro atoms. The number of hydrogen-bond donors (Lipinski definition) is 0. The summed E-state index contributed by atoms with van der Waals surface area (Å²) in [6, 6.07) is 3.65. The van der Waals surface area contributed by atoms with Gasteiger partial charge in [-0.05, 0) is 17.7 Å². The topological polar surface area (TPSA) is 35.5 Å². The Labute approximate surface area is 104 Å². The van der Waals surface area contributed by atoms with Gasteiger partial charge < -0.3 is 9.47 Å². The van der Waals surface area contributed by atoms with Gasteiger partial charge in [0.1, 0.15) is 5.78 Å². The van der Waals surface area contributed by atoms with Crippen molar-refractivity contribution in [3.8, 4) is 11.5 Å². The van der Waals surface area contributed by atoms with E-state index in [2.05, 4.69) is 15.9 Å². The smallest absolute Gasteiger partial charge is 0.161 e. The Morgan fingerprint density at radius 3 is 2.31 bits per heavy atom. The van der Waals surface area contributed by atoms with Crippen LogP contribution < -0.4 is 9.47 Å². The van der Waals surface area contributed by atoms with Gasteiger partial charge in [0.2, 0.25) is 0 Å². The molecular weight excluding hydrogens is 272 g/mol. The molecule has 3 nitrogen and oxygen atoms in total. The van der Waals surface area contributed by atoms with E-state index in [1.807, 2.05) is 19.1 Å². The molecule has 0 atom stereocenters. The molecule has 0 aliphatic rings. The first-order valence-corrected chi connectivity index (χ1v) is 5.83. The molecule has 88 valence electrons. The zero-order chi connectivity index (χ0) is 12.1. The van der Waals surface area contributed by atoms with E-state index in [-0.39, 0.29) is 5.78 Å². The standard InChI is InChI=1S/C12H15BrO3/c1-4-9(14)5-8-6-11(15-2)12(16-3)7-10(8)13/h6-7H,4-5H2,1-3H3. The van der Waals surface area contributed by atoms with Crippen LogP contribution in [0.3, 0.4) is 0 Å². The van der Waals surface area contributed by atoms with E-state index in [1.165, 1.54) is 0 Å². The van der Waals surface area contributed by atoms with Crippen molar-refractivity contribution in [2.45, 2.75) is 19.8 Å². The average molecular weight is 287 g/mol. The van der Waals surface area contributed by atoms with Crippen molar-refractivity contribution in [3.63, 3.8) is 0 Å². The van der Waals surface area contributed by atoms with Crippen molar-refractivity contribution in [1.29, 1.82) is 0 Å². The summed E-state index contributed by atoms with van der Waals surface area (Å²) in [4.78, 5) is 11.4. The molecule has 0 aliphatic carbocycles. The van der Waals surface area contributed by atoms with E-state index in [0.29, 0.717) is 24.3 Å². The van der Waals surface area contributed by atoms with Crippen LogP contribution in [0.5, 0.6) is 11.5 Å². The molecular formula is C12H15BrO3. The highest BCUT2D eigenvalue weighted by atomic mass is 79.9. The third-order valence-corrected chi connectivity index (χ3v) is 3.07. The number of ether oxygens (including phenoxy) is 2. The van der Waals surface area contributed by atoms with Gasteiger partial charge >= 0.3 is 0 Å². The van der Waals surface area contributed by atoms with Gasteiger partial charge in [-0.2, -0.15) is 0 Å². The number of carbonyl (C=O) groups excluding carboxylic acids is 1. The normalized spacial score (nSPS) is 10.0. The van der Waals surface area contributed by atoms with E-state index in [4.69, 9.17) is 9.47 Å². The number of carbonyl (C=O) groups is 1. The molecule has 0 saturated heterocycles. The molecule has 0 heterocycles. The second-order valence-electron chi connectivity index (χ2n) is 3.37. The Hall–Kier alpha value is -1.03. The molecule has 0 unspecified atom stereocenters. The van der Waals surface area contributed by atoms with E-state index in [1.54, 1.807) is 14.2 Å². The van der Waals surface area contributed by atoms with Gasteiger partial charge in [-0.15, -0.1) is 0 Å². The van der Waals surface area contributed by atoms with Crippen molar-refractivity contribution in [2.75, 3.05) is 14.2 Å². The molecule has 0 fully saturated rings. The molecule has 1 aromatic carbocycles. The summed E-state index contributed by atoms with van der Waals surface area (Å²) in [6.45, 7) is 1.86. The number of methoxy groups -OCH3 is 2. The Bertz CT molecular complexity index is 388. The van der Waals surface area contributed by atoms with Crippen LogP contribution in [0.1, 0.15) is 18.9 Å². The highest BCUT2D eigenvalue weighted by molar-refractivity contribution is 9.10. The van der Waals surface area contributed by atoms with Gasteiger partial charge in [-0.25, -0.2) is 0 Å². The number of halogens is 1. The zero-order valence-electron chi connectivity index (χ0n) is 9.67. The summed E-state index contributed by atoms with van der Waals surface area (Å²) >= 11 is 3.42. The maximum Gasteiger partial charge on any atom is 0.161 e. The van der Waals surface area contributed by atoms with Crippen LogP contribution in [0.25, 0.3) is 0 Å². The SMILES string of the molecule is CCC(=O)Cc1cc(OC)c(OC)cc1Br. The Morgan fingerprint density at radius 2 is 1.81 bits per heavy atom. The molecule has 0 aromatic heterocycles. The van der Waals surface area contributed by atoms with Crippen molar-refractivity contribution < 1.29 is 14.3 Å². The highest BCUT2D eigenvalue weighted by Crippen LogP contribution is 2.33. The van der Waals surface area contributed by atoms with Crippen molar-refractivity contribution in [1.82, 2.24) is 0 Å². The fourth-order valence-corrected chi connectivity index (χ4v) is 1.83. The Balaban J connectivity index is 3.06. The fourth-order valence-electron chi connectivity index (χ4n) is 1.37. The first kappa shape index (κ1) is 13.0. The van der Waals surface area contributed by atoms with E-state index in [0.717, 1.165) is 10.0 Å². The second-order valence-corrected chi connectivity index (χ2v) is 4.22. The summed E-state index contributed by atoms with van der Waals surface area (Å²) in [5, 5.41) is 0. The van der Waals surface area contributed by atoms with Crippen LogP contribution in [0, 0.1) is 0 Å². The molecule has 1 aromatic rings. The lowest BCUT2D eigenvalue weighted by molar-refractivity contribution is -0.118. The molecule has 0 bridgehead atoms. The third-order valence-electron chi connectivity index (χ3n) is 2.33. The number of ketones is 1. The molecule has 1 rings (SSSR count). The second kappa shape index (κ2) is 5.89. The predicted molar refractivity (Wildman–Crippen MR) is 66.2 cm³/mol. The average Bonchev–Trinajstić information content (AvgIpc) is 2.30. The van der Waals surface area contributed by atoms with Gasteiger partial charge in [0.25, 0.3) is 0 Å². The lowest BCUT2D eigenvalue weighted by Crippen LogP contribution is -2.02. The van der Waals surface area contributed by atoms with E-state index >= 15 is 0 Å². The largest absolute Gasteiger partial charge is 0.493 e. The highest BCUT2D eigenvalue weighted by Gasteiger charge is 2.11. The monoisotopic (exact) mass is 286 g/mol. The quantitative estimate of drug-likeness (QED) is 0.835. The van der Waals surface area contributed by atoms with Gasteiger partial charge in [0, 0.05) is 17.3 Å². The van der Waals surface area contributed by atoms with Crippen LogP contribution in [0.4, 0.5) is 0 Å². The van der Waals surface area contributed by atoms with Gasteiger partial charge in [-0.1, -0.05) is 22.9 Å². The number of hydrogen-bond acceptors (Lipinski definition) is 3. The molecule has 16 heavy (non-hydrogen) atoms. The molecule has 4 heteroatoms. The minimum Gasteiger partial charge on any atom is -0.493 e. The van der Waals surface area contributed by atoms with Crippen LogP contribution in [-0.2, 0) is 11.2 Å². The summed E-state index contributed by atoms with van der Waals surface area (Å²) in [5.74, 6) is 1.50. The number of benzene rings is 1. The minimum atomic E-state index is 0.202. The summed E-state index contributed by atoms with van der Waals surface area (Å²) < 4.78 is 11.2. The lowest BCUT2D eigenvalue weighted by Gasteiger charge is -2.11. The molecule has 0 amide bonds. The summed E-state index contributed by atoms with van der Waals surface area (Å²) in [6.07, 6.45) is 0.957. The van der Waals surface area contributed by atoms with Crippen molar-refractivity contribution in [2.24, 2.45) is 0 Å². The molecule has 0 saturated carbocycles. The van der Waals surface area contributed by atoms with Crippen LogP contribution in [0.2, 0.25) is 0 Å². The van der Waals surface area contributed by atoms with Crippen LogP contribution in [0.15, 0.2) is 16.6 Å². The van der Waals surface area contributed by atoms with Gasteiger partial charge in [-0.3, -0.25) is 4.79 Å². The summed E-state index contributed by atoms with van der Waals surface area (Å²) in [5.41, 5.74) is 0.921. The van der Waals surface area contributed by atoms with E-state index in [9.17, 15) is 4.79 Å².